The Balaban J connectivity index is 2.59. The van der Waals surface area contributed by atoms with Crippen molar-refractivity contribution >= 4 is 0 Å². The molecule has 0 amide bonds. The second-order valence-corrected chi connectivity index (χ2v) is 5.16. The summed E-state index contributed by atoms with van der Waals surface area (Å²) in [5.74, 6) is 1.53. The molecule has 2 rings (SSSR count). The van der Waals surface area contributed by atoms with Gasteiger partial charge in [-0.3, -0.25) is 0 Å². The number of aryl methyl sites for hydroxylation is 2. The van der Waals surface area contributed by atoms with Crippen LogP contribution in [-0.4, -0.2) is 21.3 Å². The summed E-state index contributed by atoms with van der Waals surface area (Å²) < 4.78 is 11.0. The lowest BCUT2D eigenvalue weighted by Gasteiger charge is -2.23. The molecule has 0 saturated carbocycles. The molecular formula is C18H23NO2. The van der Waals surface area contributed by atoms with E-state index in [1.807, 2.05) is 19.2 Å². The van der Waals surface area contributed by atoms with Crippen LogP contribution in [0.15, 0.2) is 36.4 Å². The summed E-state index contributed by atoms with van der Waals surface area (Å²) >= 11 is 0. The Morgan fingerprint density at radius 1 is 0.952 bits per heavy atom. The predicted octanol–water partition coefficient (Wildman–Crippen LogP) is 3.63. The summed E-state index contributed by atoms with van der Waals surface area (Å²) in [5.41, 5.74) is 4.83. The number of ether oxygens (including phenoxy) is 2. The molecule has 2 aromatic rings. The molecule has 112 valence electrons. The normalized spacial score (nSPS) is 12.0. The lowest BCUT2D eigenvalue weighted by Crippen LogP contribution is -2.19. The van der Waals surface area contributed by atoms with Crippen molar-refractivity contribution in [3.05, 3.63) is 58.7 Å². The van der Waals surface area contributed by atoms with Crippen LogP contribution in [0.1, 0.15) is 28.3 Å². The lowest BCUT2D eigenvalue weighted by molar-refractivity contribution is 0.349. The monoisotopic (exact) mass is 285 g/mol. The number of rotatable bonds is 5. The molecule has 21 heavy (non-hydrogen) atoms. The van der Waals surface area contributed by atoms with E-state index in [2.05, 4.69) is 43.4 Å². The van der Waals surface area contributed by atoms with Crippen LogP contribution in [0.2, 0.25) is 0 Å². The molecule has 3 nitrogen and oxygen atoms in total. The lowest BCUT2D eigenvalue weighted by atomic mass is 9.93. The van der Waals surface area contributed by atoms with Crippen LogP contribution >= 0.6 is 0 Å². The molecule has 2 aromatic carbocycles. The van der Waals surface area contributed by atoms with E-state index in [0.717, 1.165) is 17.1 Å². The molecule has 1 atom stereocenters. The highest BCUT2D eigenvalue weighted by atomic mass is 16.5. The summed E-state index contributed by atoms with van der Waals surface area (Å²) in [6.45, 7) is 4.24. The maximum Gasteiger partial charge on any atom is 0.165 e. The number of benzene rings is 2. The first kappa shape index (κ1) is 15.4. The first-order chi connectivity index (χ1) is 10.1. The Morgan fingerprint density at radius 2 is 1.71 bits per heavy atom. The minimum Gasteiger partial charge on any atom is -0.493 e. The number of para-hydroxylation sites is 1. The van der Waals surface area contributed by atoms with Gasteiger partial charge >= 0.3 is 0 Å². The van der Waals surface area contributed by atoms with Crippen molar-refractivity contribution < 1.29 is 9.47 Å². The molecule has 0 aliphatic rings. The number of hydrogen-bond acceptors (Lipinski definition) is 3. The largest absolute Gasteiger partial charge is 0.493 e. The van der Waals surface area contributed by atoms with Crippen LogP contribution < -0.4 is 14.8 Å². The van der Waals surface area contributed by atoms with Crippen molar-refractivity contribution in [1.29, 1.82) is 0 Å². The average Bonchev–Trinajstić information content (AvgIpc) is 2.51. The number of methoxy groups -OCH3 is 2. The van der Waals surface area contributed by atoms with E-state index >= 15 is 0 Å². The van der Waals surface area contributed by atoms with E-state index in [4.69, 9.17) is 9.47 Å². The van der Waals surface area contributed by atoms with E-state index in [1.54, 1.807) is 14.2 Å². The third kappa shape index (κ3) is 3.03. The molecular weight excluding hydrogens is 262 g/mol. The van der Waals surface area contributed by atoms with E-state index in [0.29, 0.717) is 0 Å². The standard InChI is InChI=1S/C18H23NO2/c1-12-9-10-13(2)15(11-12)17(19-3)14-7-6-8-16(20-4)18(14)21-5/h6-11,17,19H,1-5H3. The molecule has 1 N–H and O–H groups in total. The van der Waals surface area contributed by atoms with Crippen LogP contribution in [0.4, 0.5) is 0 Å². The van der Waals surface area contributed by atoms with E-state index < -0.39 is 0 Å². The van der Waals surface area contributed by atoms with Crippen molar-refractivity contribution in [3.63, 3.8) is 0 Å². The van der Waals surface area contributed by atoms with Gasteiger partial charge in [0.15, 0.2) is 11.5 Å². The fourth-order valence-electron chi connectivity index (χ4n) is 2.69. The van der Waals surface area contributed by atoms with Crippen LogP contribution in [0, 0.1) is 13.8 Å². The highest BCUT2D eigenvalue weighted by Crippen LogP contribution is 2.37. The van der Waals surface area contributed by atoms with Gasteiger partial charge in [0, 0.05) is 5.56 Å². The van der Waals surface area contributed by atoms with Crippen molar-refractivity contribution in [1.82, 2.24) is 5.32 Å². The fraction of sp³-hybridized carbons (Fsp3) is 0.333. The highest BCUT2D eigenvalue weighted by molar-refractivity contribution is 5.52. The van der Waals surface area contributed by atoms with E-state index in [9.17, 15) is 0 Å². The van der Waals surface area contributed by atoms with E-state index in [1.165, 1.54) is 16.7 Å². The minimum atomic E-state index is 0.0648. The van der Waals surface area contributed by atoms with Gasteiger partial charge in [-0.1, -0.05) is 35.9 Å². The molecule has 0 bridgehead atoms. The van der Waals surface area contributed by atoms with Crippen LogP contribution in [0.5, 0.6) is 11.5 Å². The van der Waals surface area contributed by atoms with Gasteiger partial charge in [-0.05, 0) is 38.1 Å². The van der Waals surface area contributed by atoms with Crippen LogP contribution in [0.25, 0.3) is 0 Å². The van der Waals surface area contributed by atoms with Gasteiger partial charge in [0.2, 0.25) is 0 Å². The third-order valence-corrected chi connectivity index (χ3v) is 3.78. The summed E-state index contributed by atoms with van der Waals surface area (Å²) in [6.07, 6.45) is 0. The number of hydrogen-bond donors (Lipinski definition) is 1. The molecule has 0 radical (unpaired) electrons. The fourth-order valence-corrected chi connectivity index (χ4v) is 2.69. The third-order valence-electron chi connectivity index (χ3n) is 3.78. The Kier molecular flexibility index (Phi) is 4.86. The second-order valence-electron chi connectivity index (χ2n) is 5.16. The van der Waals surface area contributed by atoms with Gasteiger partial charge in [0.25, 0.3) is 0 Å². The molecule has 0 fully saturated rings. The maximum atomic E-state index is 5.58. The predicted molar refractivity (Wildman–Crippen MR) is 86.4 cm³/mol. The topological polar surface area (TPSA) is 30.5 Å². The van der Waals surface area contributed by atoms with Gasteiger partial charge < -0.3 is 14.8 Å². The van der Waals surface area contributed by atoms with Crippen molar-refractivity contribution in [2.75, 3.05) is 21.3 Å². The molecule has 0 aliphatic heterocycles. The van der Waals surface area contributed by atoms with Crippen molar-refractivity contribution in [2.24, 2.45) is 0 Å². The summed E-state index contributed by atoms with van der Waals surface area (Å²) in [4.78, 5) is 0. The van der Waals surface area contributed by atoms with Gasteiger partial charge in [-0.25, -0.2) is 0 Å². The molecule has 1 unspecified atom stereocenters. The highest BCUT2D eigenvalue weighted by Gasteiger charge is 2.20. The van der Waals surface area contributed by atoms with Gasteiger partial charge in [-0.15, -0.1) is 0 Å². The molecule has 3 heteroatoms. The second kappa shape index (κ2) is 6.64. The molecule has 0 spiro atoms. The number of nitrogens with one attached hydrogen (secondary N) is 1. The van der Waals surface area contributed by atoms with Gasteiger partial charge in [0.05, 0.1) is 20.3 Å². The first-order valence-electron chi connectivity index (χ1n) is 7.07. The zero-order chi connectivity index (χ0) is 15.4. The minimum absolute atomic E-state index is 0.0648. The first-order valence-corrected chi connectivity index (χ1v) is 7.07. The Labute approximate surface area is 126 Å². The Morgan fingerprint density at radius 3 is 2.33 bits per heavy atom. The summed E-state index contributed by atoms with van der Waals surface area (Å²) in [7, 11) is 5.30. The molecule has 0 aliphatic carbocycles. The van der Waals surface area contributed by atoms with E-state index in [-0.39, 0.29) is 6.04 Å². The Hall–Kier alpha value is -2.00. The van der Waals surface area contributed by atoms with Crippen molar-refractivity contribution in [2.45, 2.75) is 19.9 Å². The van der Waals surface area contributed by atoms with Crippen molar-refractivity contribution in [3.8, 4) is 11.5 Å². The molecule has 0 aromatic heterocycles. The van der Waals surface area contributed by atoms with Gasteiger partial charge in [-0.2, -0.15) is 0 Å². The summed E-state index contributed by atoms with van der Waals surface area (Å²) in [5, 5.41) is 3.39. The van der Waals surface area contributed by atoms with Crippen LogP contribution in [0.3, 0.4) is 0 Å². The zero-order valence-electron chi connectivity index (χ0n) is 13.4. The summed E-state index contributed by atoms with van der Waals surface area (Å²) in [6, 6.07) is 12.6. The maximum absolute atomic E-state index is 5.58. The zero-order valence-corrected chi connectivity index (χ0v) is 13.4. The average molecular weight is 285 g/mol. The Bertz CT molecular complexity index is 623. The quantitative estimate of drug-likeness (QED) is 0.910. The smallest absolute Gasteiger partial charge is 0.165 e. The molecule has 0 saturated heterocycles. The SMILES string of the molecule is CNC(c1cc(C)ccc1C)c1cccc(OC)c1OC. The van der Waals surface area contributed by atoms with Crippen LogP contribution in [-0.2, 0) is 0 Å². The van der Waals surface area contributed by atoms with Gasteiger partial charge in [0.1, 0.15) is 0 Å². The molecule has 0 heterocycles.